The van der Waals surface area contributed by atoms with Crippen molar-refractivity contribution in [2.24, 2.45) is 13.0 Å². The van der Waals surface area contributed by atoms with Crippen LogP contribution in [0.1, 0.15) is 38.3 Å². The first-order valence-corrected chi connectivity index (χ1v) is 7.73. The summed E-state index contributed by atoms with van der Waals surface area (Å²) in [4.78, 5) is 11.8. The van der Waals surface area contributed by atoms with E-state index in [2.05, 4.69) is 22.7 Å². The summed E-state index contributed by atoms with van der Waals surface area (Å²) in [5, 5.41) is 9.76. The van der Waals surface area contributed by atoms with Crippen molar-refractivity contribution in [2.75, 3.05) is 18.5 Å². The van der Waals surface area contributed by atoms with E-state index in [0.717, 1.165) is 12.1 Å². The van der Waals surface area contributed by atoms with Crippen molar-refractivity contribution in [3.63, 3.8) is 0 Å². The van der Waals surface area contributed by atoms with Crippen LogP contribution in [0.2, 0.25) is 0 Å². The fraction of sp³-hybridized carbons (Fsp3) is 0.733. The Morgan fingerprint density at radius 1 is 1.48 bits per heavy atom. The van der Waals surface area contributed by atoms with Gasteiger partial charge in [0.25, 0.3) is 0 Å². The highest BCUT2D eigenvalue weighted by Crippen LogP contribution is 2.25. The molecule has 6 nitrogen and oxygen atoms in total. The smallest absolute Gasteiger partial charge is 0.320 e. The van der Waals surface area contributed by atoms with Gasteiger partial charge in [-0.15, -0.1) is 0 Å². The van der Waals surface area contributed by atoms with E-state index in [1.165, 1.54) is 19.3 Å². The van der Waals surface area contributed by atoms with E-state index < -0.39 is 0 Å². The number of aryl methyl sites for hydroxylation is 2. The molecule has 0 aliphatic heterocycles. The fourth-order valence-corrected chi connectivity index (χ4v) is 2.79. The average molecular weight is 294 g/mol. The largest absolute Gasteiger partial charge is 0.376 e. The van der Waals surface area contributed by atoms with E-state index in [-0.39, 0.29) is 6.03 Å². The van der Waals surface area contributed by atoms with Gasteiger partial charge in [-0.1, -0.05) is 19.8 Å². The van der Waals surface area contributed by atoms with Crippen molar-refractivity contribution in [1.29, 1.82) is 0 Å². The molecule has 1 saturated carbocycles. The number of carbonyl (C=O) groups excluding carboxylic acids is 1. The Labute approximate surface area is 126 Å². The van der Waals surface area contributed by atoms with E-state index in [0.29, 0.717) is 31.0 Å². The lowest BCUT2D eigenvalue weighted by molar-refractivity contribution is -0.00232. The number of rotatable bonds is 5. The highest BCUT2D eigenvalue weighted by Gasteiger charge is 2.21. The van der Waals surface area contributed by atoms with Crippen LogP contribution in [-0.4, -0.2) is 35.1 Å². The fourth-order valence-electron chi connectivity index (χ4n) is 2.79. The molecule has 1 fully saturated rings. The minimum atomic E-state index is -0.224. The van der Waals surface area contributed by atoms with Gasteiger partial charge in [0.15, 0.2) is 0 Å². The Morgan fingerprint density at radius 3 is 2.90 bits per heavy atom. The zero-order valence-electron chi connectivity index (χ0n) is 13.2. The lowest BCUT2D eigenvalue weighted by Gasteiger charge is -2.28. The Kier molecular flexibility index (Phi) is 5.61. The maximum Gasteiger partial charge on any atom is 0.320 e. The molecule has 0 unspecified atom stereocenters. The molecule has 21 heavy (non-hydrogen) atoms. The van der Waals surface area contributed by atoms with E-state index in [1.807, 2.05) is 13.0 Å². The maximum absolute atomic E-state index is 11.8. The van der Waals surface area contributed by atoms with Crippen LogP contribution < -0.4 is 10.6 Å². The van der Waals surface area contributed by atoms with Crippen LogP contribution in [-0.2, 0) is 11.8 Å². The standard InChI is InChI=1S/C15H26N4O2/c1-11-6-4-5-7-13(11)21-9-8-16-15(20)17-14-10-12(2)18-19(14)3/h10-11,13H,4-9H2,1-3H3,(H2,16,17,20)/t11-,13-/m1/s1. The number of urea groups is 1. The van der Waals surface area contributed by atoms with Gasteiger partial charge in [-0.25, -0.2) is 4.79 Å². The second kappa shape index (κ2) is 7.45. The molecule has 2 amide bonds. The van der Waals surface area contributed by atoms with Gasteiger partial charge in [0, 0.05) is 19.7 Å². The first-order valence-electron chi connectivity index (χ1n) is 7.73. The monoisotopic (exact) mass is 294 g/mol. The number of ether oxygens (including phenoxy) is 1. The normalized spacial score (nSPS) is 22.0. The Bertz CT molecular complexity index is 472. The summed E-state index contributed by atoms with van der Waals surface area (Å²) >= 11 is 0. The third-order valence-electron chi connectivity index (χ3n) is 4.00. The molecule has 0 aromatic carbocycles. The SMILES string of the molecule is Cc1cc(NC(=O)NCCO[C@@H]2CCCC[C@H]2C)n(C)n1. The van der Waals surface area contributed by atoms with E-state index >= 15 is 0 Å². The molecule has 1 aliphatic rings. The molecule has 0 bridgehead atoms. The third kappa shape index (κ3) is 4.74. The molecule has 1 aromatic heterocycles. The van der Waals surface area contributed by atoms with Gasteiger partial charge in [0.1, 0.15) is 5.82 Å². The predicted octanol–water partition coefficient (Wildman–Crippen LogP) is 2.45. The number of nitrogens with one attached hydrogen (secondary N) is 2. The van der Waals surface area contributed by atoms with Crippen molar-refractivity contribution < 1.29 is 9.53 Å². The highest BCUT2D eigenvalue weighted by molar-refractivity contribution is 5.88. The molecule has 0 spiro atoms. The summed E-state index contributed by atoms with van der Waals surface area (Å²) in [5.41, 5.74) is 0.877. The lowest BCUT2D eigenvalue weighted by atomic mass is 9.88. The van der Waals surface area contributed by atoms with Crippen molar-refractivity contribution in [2.45, 2.75) is 45.6 Å². The van der Waals surface area contributed by atoms with E-state index in [1.54, 1.807) is 11.7 Å². The summed E-state index contributed by atoms with van der Waals surface area (Å²) in [6.07, 6.45) is 5.30. The summed E-state index contributed by atoms with van der Waals surface area (Å²) in [6, 6.07) is 1.61. The Balaban J connectivity index is 1.64. The van der Waals surface area contributed by atoms with Gasteiger partial charge in [-0.05, 0) is 25.7 Å². The van der Waals surface area contributed by atoms with Gasteiger partial charge in [-0.3, -0.25) is 10.00 Å². The van der Waals surface area contributed by atoms with Crippen molar-refractivity contribution in [3.8, 4) is 0 Å². The van der Waals surface area contributed by atoms with Crippen LogP contribution in [0.25, 0.3) is 0 Å². The Hall–Kier alpha value is -1.56. The minimum Gasteiger partial charge on any atom is -0.376 e. The molecule has 1 heterocycles. The van der Waals surface area contributed by atoms with Crippen LogP contribution in [0.15, 0.2) is 6.07 Å². The molecule has 0 saturated heterocycles. The van der Waals surface area contributed by atoms with Crippen molar-refractivity contribution in [1.82, 2.24) is 15.1 Å². The Morgan fingerprint density at radius 2 is 2.24 bits per heavy atom. The first-order chi connectivity index (χ1) is 10.1. The first kappa shape index (κ1) is 15.8. The number of amides is 2. The molecule has 6 heteroatoms. The highest BCUT2D eigenvalue weighted by atomic mass is 16.5. The quantitative estimate of drug-likeness (QED) is 0.820. The van der Waals surface area contributed by atoms with Crippen LogP contribution in [0, 0.1) is 12.8 Å². The van der Waals surface area contributed by atoms with Crippen molar-refractivity contribution in [3.05, 3.63) is 11.8 Å². The third-order valence-corrected chi connectivity index (χ3v) is 4.00. The molecular weight excluding hydrogens is 268 g/mol. The minimum absolute atomic E-state index is 0.224. The number of anilines is 1. The van der Waals surface area contributed by atoms with Crippen LogP contribution >= 0.6 is 0 Å². The topological polar surface area (TPSA) is 68.2 Å². The zero-order valence-corrected chi connectivity index (χ0v) is 13.2. The van der Waals surface area contributed by atoms with Gasteiger partial charge in [0.2, 0.25) is 0 Å². The second-order valence-corrected chi connectivity index (χ2v) is 5.85. The van der Waals surface area contributed by atoms with Crippen LogP contribution in [0.5, 0.6) is 0 Å². The number of carbonyl (C=O) groups is 1. The molecule has 0 radical (unpaired) electrons. The lowest BCUT2D eigenvalue weighted by Crippen LogP contribution is -2.34. The summed E-state index contributed by atoms with van der Waals surface area (Å²) < 4.78 is 7.51. The van der Waals surface area contributed by atoms with Gasteiger partial charge in [0.05, 0.1) is 18.4 Å². The molecular formula is C15H26N4O2. The molecule has 1 aliphatic carbocycles. The average Bonchev–Trinajstić information content (AvgIpc) is 2.75. The van der Waals surface area contributed by atoms with Gasteiger partial charge in [-0.2, -0.15) is 5.10 Å². The molecule has 1 aromatic rings. The second-order valence-electron chi connectivity index (χ2n) is 5.85. The number of hydrogen-bond acceptors (Lipinski definition) is 3. The molecule has 2 rings (SSSR count). The number of aromatic nitrogens is 2. The summed E-state index contributed by atoms with van der Waals surface area (Å²) in [6.45, 7) is 5.22. The van der Waals surface area contributed by atoms with Gasteiger partial charge < -0.3 is 10.1 Å². The van der Waals surface area contributed by atoms with E-state index in [4.69, 9.17) is 4.74 Å². The van der Waals surface area contributed by atoms with Crippen LogP contribution in [0.3, 0.4) is 0 Å². The molecule has 118 valence electrons. The predicted molar refractivity (Wildman–Crippen MR) is 82.3 cm³/mol. The van der Waals surface area contributed by atoms with Crippen molar-refractivity contribution >= 4 is 11.8 Å². The zero-order chi connectivity index (χ0) is 15.2. The van der Waals surface area contributed by atoms with Gasteiger partial charge >= 0.3 is 6.03 Å². The number of hydrogen-bond donors (Lipinski definition) is 2. The maximum atomic E-state index is 11.8. The molecule has 2 atom stereocenters. The van der Waals surface area contributed by atoms with E-state index in [9.17, 15) is 4.79 Å². The number of nitrogens with zero attached hydrogens (tertiary/aromatic N) is 2. The molecule has 2 N–H and O–H groups in total. The summed E-state index contributed by atoms with van der Waals surface area (Å²) in [5.74, 6) is 1.32. The van der Waals surface area contributed by atoms with Crippen LogP contribution in [0.4, 0.5) is 10.6 Å². The summed E-state index contributed by atoms with van der Waals surface area (Å²) in [7, 11) is 1.80.